The number of carbonyl (C=O) groups excluding carboxylic acids is 1. The molecule has 13 heteroatoms. The molecule has 2 aliphatic heterocycles. The molecule has 192 valence electrons. The van der Waals surface area contributed by atoms with Crippen molar-refractivity contribution >= 4 is 5.91 Å². The Morgan fingerprint density at radius 3 is 2.69 bits per heavy atom. The van der Waals surface area contributed by atoms with Gasteiger partial charge in [0.05, 0.1) is 31.3 Å². The molecule has 0 unspecified atom stereocenters. The lowest BCUT2D eigenvalue weighted by atomic mass is 10.0. The molecule has 0 aliphatic carbocycles. The molecule has 0 saturated carbocycles. The molecule has 0 radical (unpaired) electrons. The van der Waals surface area contributed by atoms with Gasteiger partial charge >= 0.3 is 12.4 Å². The summed E-state index contributed by atoms with van der Waals surface area (Å²) in [7, 11) is 0. The van der Waals surface area contributed by atoms with E-state index in [1.54, 1.807) is 33.8 Å². The molecule has 2 aliphatic rings. The lowest BCUT2D eigenvalue weighted by Crippen LogP contribution is -2.43. The minimum Gasteiger partial charge on any atom is -0.491 e. The Hall–Kier alpha value is -2.80. The number of aromatic nitrogens is 2. The molecule has 1 amide bonds. The van der Waals surface area contributed by atoms with Crippen LogP contribution in [0.4, 0.5) is 26.3 Å². The van der Waals surface area contributed by atoms with E-state index in [0.717, 1.165) is 5.56 Å². The Bertz CT molecular complexity index is 1050. The first-order chi connectivity index (χ1) is 16.4. The van der Waals surface area contributed by atoms with Gasteiger partial charge in [-0.15, -0.1) is 0 Å². The number of halogens is 6. The summed E-state index contributed by atoms with van der Waals surface area (Å²) in [6, 6.07) is 6.16. The van der Waals surface area contributed by atoms with Crippen LogP contribution < -0.4 is 10.1 Å². The predicted molar refractivity (Wildman–Crippen MR) is 111 cm³/mol. The zero-order valence-electron chi connectivity index (χ0n) is 18.6. The number of hydrogen-bond donors (Lipinski definition) is 1. The lowest BCUT2D eigenvalue weighted by Gasteiger charge is -2.27. The fourth-order valence-corrected chi connectivity index (χ4v) is 4.08. The van der Waals surface area contributed by atoms with Gasteiger partial charge in [0.2, 0.25) is 0 Å². The molecule has 3 heterocycles. The SMILES string of the molecule is O=C(N[C@H]1COc2ccc(COCC(F)(F)F)cc2C1)c1cc2n(n1)CCN(CCC(F)(F)F)C2. The molecule has 0 fully saturated rings. The summed E-state index contributed by atoms with van der Waals surface area (Å²) < 4.78 is 86.3. The molecule has 1 N–H and O–H groups in total. The van der Waals surface area contributed by atoms with Crippen LogP contribution in [-0.2, 0) is 30.9 Å². The number of rotatable bonds is 7. The fraction of sp³-hybridized carbons (Fsp3) is 0.545. The third-order valence-corrected chi connectivity index (χ3v) is 5.72. The van der Waals surface area contributed by atoms with E-state index in [0.29, 0.717) is 36.5 Å². The minimum absolute atomic E-state index is 0.113. The average Bonchev–Trinajstić information content (AvgIpc) is 3.20. The van der Waals surface area contributed by atoms with Crippen LogP contribution in [0, 0.1) is 0 Å². The Kier molecular flexibility index (Phi) is 7.27. The van der Waals surface area contributed by atoms with Crippen molar-refractivity contribution in [1.29, 1.82) is 0 Å². The van der Waals surface area contributed by atoms with E-state index in [9.17, 15) is 31.1 Å². The van der Waals surface area contributed by atoms with E-state index in [1.807, 2.05) is 0 Å². The van der Waals surface area contributed by atoms with Crippen molar-refractivity contribution < 1.29 is 40.6 Å². The Morgan fingerprint density at radius 1 is 1.14 bits per heavy atom. The fourth-order valence-electron chi connectivity index (χ4n) is 4.08. The number of benzene rings is 1. The molecule has 1 atom stereocenters. The average molecular weight is 506 g/mol. The quantitative estimate of drug-likeness (QED) is 0.583. The van der Waals surface area contributed by atoms with E-state index < -0.39 is 31.3 Å². The molecule has 0 saturated heterocycles. The summed E-state index contributed by atoms with van der Waals surface area (Å²) in [4.78, 5) is 14.4. The normalized spacial score (nSPS) is 18.5. The first-order valence-corrected chi connectivity index (χ1v) is 11.0. The van der Waals surface area contributed by atoms with E-state index in [4.69, 9.17) is 9.47 Å². The molecule has 1 aromatic carbocycles. The molecule has 2 aromatic rings. The summed E-state index contributed by atoms with van der Waals surface area (Å²) in [6.45, 7) is -0.374. The van der Waals surface area contributed by atoms with Crippen LogP contribution in [0.2, 0.25) is 0 Å². The largest absolute Gasteiger partial charge is 0.491 e. The molecular weight excluding hydrogens is 482 g/mol. The van der Waals surface area contributed by atoms with E-state index in [-0.39, 0.29) is 38.0 Å². The molecule has 0 spiro atoms. The van der Waals surface area contributed by atoms with E-state index >= 15 is 0 Å². The van der Waals surface area contributed by atoms with Gasteiger partial charge in [-0.1, -0.05) is 6.07 Å². The molecule has 7 nitrogen and oxygen atoms in total. The van der Waals surface area contributed by atoms with Gasteiger partial charge in [-0.05, 0) is 35.7 Å². The van der Waals surface area contributed by atoms with Gasteiger partial charge in [-0.25, -0.2) is 0 Å². The number of nitrogens with zero attached hydrogens (tertiary/aromatic N) is 3. The van der Waals surface area contributed by atoms with Crippen molar-refractivity contribution in [3.05, 3.63) is 46.8 Å². The van der Waals surface area contributed by atoms with Crippen molar-refractivity contribution in [2.24, 2.45) is 0 Å². The highest BCUT2D eigenvalue weighted by molar-refractivity contribution is 5.92. The van der Waals surface area contributed by atoms with Gasteiger partial charge in [0.25, 0.3) is 5.91 Å². The van der Waals surface area contributed by atoms with Crippen LogP contribution in [0.15, 0.2) is 24.3 Å². The maximum absolute atomic E-state index is 12.8. The monoisotopic (exact) mass is 506 g/mol. The van der Waals surface area contributed by atoms with Crippen LogP contribution >= 0.6 is 0 Å². The lowest BCUT2D eigenvalue weighted by molar-refractivity contribution is -0.176. The van der Waals surface area contributed by atoms with E-state index in [1.165, 1.54) is 0 Å². The highest BCUT2D eigenvalue weighted by Crippen LogP contribution is 2.27. The second kappa shape index (κ2) is 10.1. The van der Waals surface area contributed by atoms with Crippen molar-refractivity contribution in [3.63, 3.8) is 0 Å². The number of carbonyl (C=O) groups is 1. The van der Waals surface area contributed by atoms with Gasteiger partial charge in [-0.2, -0.15) is 31.4 Å². The van der Waals surface area contributed by atoms with Crippen LogP contribution in [0.25, 0.3) is 0 Å². The second-order valence-electron chi connectivity index (χ2n) is 8.62. The number of hydrogen-bond acceptors (Lipinski definition) is 5. The number of amides is 1. The maximum Gasteiger partial charge on any atom is 0.411 e. The Balaban J connectivity index is 1.32. The third-order valence-electron chi connectivity index (χ3n) is 5.72. The summed E-state index contributed by atoms with van der Waals surface area (Å²) in [5.74, 6) is 0.155. The summed E-state index contributed by atoms with van der Waals surface area (Å²) in [5.41, 5.74) is 2.12. The number of alkyl halides is 6. The van der Waals surface area contributed by atoms with Crippen LogP contribution in [0.5, 0.6) is 5.75 Å². The number of fused-ring (bicyclic) bond motifs is 2. The van der Waals surface area contributed by atoms with Gasteiger partial charge in [0.1, 0.15) is 19.0 Å². The Morgan fingerprint density at radius 2 is 1.94 bits per heavy atom. The van der Waals surface area contributed by atoms with E-state index in [2.05, 4.69) is 10.4 Å². The summed E-state index contributed by atoms with van der Waals surface area (Å²) in [6.07, 6.45) is -9.11. The standard InChI is InChI=1S/C22H24F6N4O3/c23-21(24,25)3-4-31-5-6-32-17(10-31)9-18(30-32)20(33)29-16-8-15-7-14(1-2-19(15)35-12-16)11-34-13-22(26,27)28/h1-2,7,9,16H,3-6,8,10-13H2,(H,29,33)/t16-/m1/s1. The minimum atomic E-state index is -4.40. The first-order valence-electron chi connectivity index (χ1n) is 11.0. The zero-order valence-corrected chi connectivity index (χ0v) is 18.6. The number of nitrogens with one attached hydrogen (secondary N) is 1. The van der Waals surface area contributed by atoms with Crippen molar-refractivity contribution in [3.8, 4) is 5.75 Å². The van der Waals surface area contributed by atoms with Gasteiger partial charge in [0.15, 0.2) is 5.69 Å². The highest BCUT2D eigenvalue weighted by Gasteiger charge is 2.30. The first kappa shape index (κ1) is 25.3. The van der Waals surface area contributed by atoms with Gasteiger partial charge in [-0.3, -0.25) is 14.4 Å². The Labute approximate surface area is 197 Å². The summed E-state index contributed by atoms with van der Waals surface area (Å²) >= 11 is 0. The smallest absolute Gasteiger partial charge is 0.411 e. The summed E-state index contributed by atoms with van der Waals surface area (Å²) in [5, 5.41) is 7.12. The third kappa shape index (κ3) is 7.10. The van der Waals surface area contributed by atoms with Crippen LogP contribution in [0.3, 0.4) is 0 Å². The van der Waals surface area contributed by atoms with Crippen LogP contribution in [-0.4, -0.2) is 65.3 Å². The second-order valence-corrected chi connectivity index (χ2v) is 8.62. The molecule has 35 heavy (non-hydrogen) atoms. The van der Waals surface area contributed by atoms with Crippen LogP contribution in [0.1, 0.15) is 33.7 Å². The molecule has 4 rings (SSSR count). The van der Waals surface area contributed by atoms with Gasteiger partial charge in [0, 0.05) is 19.6 Å². The van der Waals surface area contributed by atoms with Gasteiger partial charge < -0.3 is 14.8 Å². The topological polar surface area (TPSA) is 68.6 Å². The molecule has 0 bridgehead atoms. The zero-order chi connectivity index (χ0) is 25.2. The highest BCUT2D eigenvalue weighted by atomic mass is 19.4. The van der Waals surface area contributed by atoms with Crippen molar-refractivity contribution in [2.75, 3.05) is 26.3 Å². The predicted octanol–water partition coefficient (Wildman–Crippen LogP) is 3.46. The van der Waals surface area contributed by atoms with Crippen molar-refractivity contribution in [2.45, 2.75) is 50.9 Å². The number of ether oxygens (including phenoxy) is 2. The molecule has 1 aromatic heterocycles. The molecular formula is C22H24F6N4O3. The maximum atomic E-state index is 12.8. The van der Waals surface area contributed by atoms with Crippen molar-refractivity contribution in [1.82, 2.24) is 20.0 Å².